The van der Waals surface area contributed by atoms with Gasteiger partial charge in [0.1, 0.15) is 0 Å². The van der Waals surface area contributed by atoms with Crippen molar-refractivity contribution in [2.24, 2.45) is 0 Å². The molecule has 11 heteroatoms. The number of thiazole rings is 1. The topological polar surface area (TPSA) is 104 Å². The third-order valence-corrected chi connectivity index (χ3v) is 9.01. The van der Waals surface area contributed by atoms with E-state index in [0.717, 1.165) is 39.0 Å². The van der Waals surface area contributed by atoms with Crippen LogP contribution in [-0.2, 0) is 4.79 Å². The molecule has 4 aromatic rings. The van der Waals surface area contributed by atoms with Gasteiger partial charge in [-0.1, -0.05) is 0 Å². The molecule has 1 aliphatic heterocycles. The Hall–Kier alpha value is -2.71. The fourth-order valence-corrected chi connectivity index (χ4v) is 6.97. The fraction of sp³-hybridized carbons (Fsp3) is 0.381. The van der Waals surface area contributed by atoms with Gasteiger partial charge in [0.2, 0.25) is 0 Å². The molecule has 2 fully saturated rings. The first kappa shape index (κ1) is 19.9. The van der Waals surface area contributed by atoms with Crippen LogP contribution in [0.4, 0.5) is 11.1 Å². The molecule has 1 aliphatic carbocycles. The molecular formula is C21H23AsN8OS. The Kier molecular flexibility index (Phi) is 4.99. The van der Waals surface area contributed by atoms with E-state index in [2.05, 4.69) is 31.0 Å². The Morgan fingerprint density at radius 2 is 2.22 bits per heavy atom. The van der Waals surface area contributed by atoms with E-state index in [-0.39, 0.29) is 11.9 Å². The molecule has 2 N–H and O–H groups in total. The zero-order valence-corrected chi connectivity index (χ0v) is 20.5. The Bertz CT molecular complexity index is 1290. The number of carbonyl (C=O) groups is 1. The van der Waals surface area contributed by atoms with Crippen molar-refractivity contribution in [2.75, 3.05) is 16.8 Å². The molecule has 4 aromatic heterocycles. The van der Waals surface area contributed by atoms with Crippen LogP contribution in [0.2, 0.25) is 0 Å². The Morgan fingerprint density at radius 3 is 3.03 bits per heavy atom. The van der Waals surface area contributed by atoms with Gasteiger partial charge in [0.15, 0.2) is 0 Å². The van der Waals surface area contributed by atoms with Crippen LogP contribution in [0.5, 0.6) is 0 Å². The van der Waals surface area contributed by atoms with Crippen LogP contribution < -0.4 is 19.3 Å². The first-order chi connectivity index (χ1) is 15.6. The molecule has 2 atom stereocenters. The molecule has 164 valence electrons. The third-order valence-electron chi connectivity index (χ3n) is 5.89. The summed E-state index contributed by atoms with van der Waals surface area (Å²) in [5.74, 6) is 1.23. The fourth-order valence-electron chi connectivity index (χ4n) is 4.13. The number of hydrogen-bond donors (Lipinski definition) is 2. The maximum atomic E-state index is 13.0. The Morgan fingerprint density at radius 1 is 1.31 bits per heavy atom. The average Bonchev–Trinajstić information content (AvgIpc) is 3.20. The quantitative estimate of drug-likeness (QED) is 0.377. The van der Waals surface area contributed by atoms with Crippen LogP contribution in [0.3, 0.4) is 0 Å². The van der Waals surface area contributed by atoms with Crippen LogP contribution in [0.15, 0.2) is 30.6 Å². The van der Waals surface area contributed by atoms with Crippen LogP contribution in [0, 0.1) is 6.92 Å². The summed E-state index contributed by atoms with van der Waals surface area (Å²) >= 11 is 0.732. The minimum absolute atomic E-state index is 0.0466. The number of rotatable bonds is 6. The first-order valence-electron chi connectivity index (χ1n) is 10.8. The van der Waals surface area contributed by atoms with Crippen molar-refractivity contribution in [2.45, 2.75) is 44.6 Å². The molecule has 1 amide bonds. The van der Waals surface area contributed by atoms with Crippen LogP contribution in [0.25, 0.3) is 5.65 Å². The number of amides is 1. The van der Waals surface area contributed by atoms with E-state index in [1.165, 1.54) is 29.9 Å². The summed E-state index contributed by atoms with van der Waals surface area (Å²) in [5, 5.41) is 11.4. The van der Waals surface area contributed by atoms with Gasteiger partial charge in [-0.05, 0) is 0 Å². The number of fused-ring (bicyclic) bond motifs is 1. The Balaban J connectivity index is 1.28. The number of aromatic nitrogens is 6. The van der Waals surface area contributed by atoms with Gasteiger partial charge in [-0.2, -0.15) is 0 Å². The summed E-state index contributed by atoms with van der Waals surface area (Å²) in [7, 11) is 0. The van der Waals surface area contributed by atoms with Gasteiger partial charge in [-0.15, -0.1) is 0 Å². The molecule has 32 heavy (non-hydrogen) atoms. The zero-order chi connectivity index (χ0) is 21.7. The summed E-state index contributed by atoms with van der Waals surface area (Å²) in [5.41, 5.74) is 2.10. The van der Waals surface area contributed by atoms with Crippen LogP contribution >= 0.6 is 11.3 Å². The molecule has 5 heterocycles. The second-order valence-corrected chi connectivity index (χ2v) is 12.1. The maximum absolute atomic E-state index is 13.0. The van der Waals surface area contributed by atoms with Gasteiger partial charge in [-0.3, -0.25) is 0 Å². The molecule has 0 radical (unpaired) electrons. The van der Waals surface area contributed by atoms with E-state index in [1.807, 2.05) is 30.2 Å². The molecule has 6 rings (SSSR count). The number of aromatic amines is 1. The molecule has 2 aliphatic rings. The molecule has 1 saturated heterocycles. The average molecular weight is 510 g/mol. The molecular weight excluding hydrogens is 487 g/mol. The zero-order valence-electron chi connectivity index (χ0n) is 17.6. The van der Waals surface area contributed by atoms with Gasteiger partial charge in [0.05, 0.1) is 0 Å². The number of nitrogens with zero attached hydrogens (tertiary/aromatic N) is 6. The van der Waals surface area contributed by atoms with Crippen molar-refractivity contribution >= 4 is 58.8 Å². The number of H-pyrrole nitrogens is 1. The molecule has 1 unspecified atom stereocenters. The molecule has 0 bridgehead atoms. The standard InChI is InChI=1S/C21H23AsN8OS/c1-12-11-23-21(32-12)25-18(31)15-4-2-8-29(15)20-24-17-5-3-9-30(17)19(26-20)22-16-10-14(27-28-16)13-6-7-13/h3,5,9-11,13,15,22H,2,4,6-8H2,1H3,(H,27,28)(H,23,25,31)/t15-/m0/s1. The number of anilines is 2. The van der Waals surface area contributed by atoms with Crippen molar-refractivity contribution in [3.8, 4) is 0 Å². The summed E-state index contributed by atoms with van der Waals surface area (Å²) in [6.45, 7) is 2.74. The molecule has 0 aromatic carbocycles. The van der Waals surface area contributed by atoms with Crippen LogP contribution in [0.1, 0.15) is 42.2 Å². The normalized spacial score (nSPS) is 18.9. The Labute approximate surface area is 195 Å². The van der Waals surface area contributed by atoms with Crippen molar-refractivity contribution in [1.29, 1.82) is 0 Å². The third kappa shape index (κ3) is 3.82. The summed E-state index contributed by atoms with van der Waals surface area (Å²) in [6.07, 6.45) is 7.99. The summed E-state index contributed by atoms with van der Waals surface area (Å²) in [6, 6.07) is 5.89. The summed E-state index contributed by atoms with van der Waals surface area (Å²) in [4.78, 5) is 30.1. The number of carbonyl (C=O) groups excluding carboxylic acids is 1. The van der Waals surface area contributed by atoms with Crippen molar-refractivity contribution in [3.63, 3.8) is 0 Å². The van der Waals surface area contributed by atoms with Gasteiger partial charge in [0.25, 0.3) is 0 Å². The van der Waals surface area contributed by atoms with E-state index in [4.69, 9.17) is 9.97 Å². The predicted octanol–water partition coefficient (Wildman–Crippen LogP) is 1.09. The van der Waals surface area contributed by atoms with Crippen molar-refractivity contribution in [1.82, 2.24) is 29.5 Å². The van der Waals surface area contributed by atoms with E-state index < -0.39 is 15.8 Å². The van der Waals surface area contributed by atoms with Gasteiger partial charge >= 0.3 is 196 Å². The second kappa shape index (κ2) is 8.01. The van der Waals surface area contributed by atoms with E-state index >= 15 is 0 Å². The second-order valence-electron chi connectivity index (χ2n) is 8.31. The summed E-state index contributed by atoms with van der Waals surface area (Å²) < 4.78 is 4.14. The van der Waals surface area contributed by atoms with Crippen molar-refractivity contribution < 1.29 is 4.79 Å². The van der Waals surface area contributed by atoms with Crippen molar-refractivity contribution in [3.05, 3.63) is 41.2 Å². The minimum atomic E-state index is -0.754. The number of hydrogen-bond acceptors (Lipinski definition) is 7. The van der Waals surface area contributed by atoms with E-state index in [9.17, 15) is 4.79 Å². The number of nitrogens with one attached hydrogen (secondary N) is 2. The first-order valence-corrected chi connectivity index (χ1v) is 13.7. The van der Waals surface area contributed by atoms with Gasteiger partial charge < -0.3 is 0 Å². The van der Waals surface area contributed by atoms with E-state index in [1.54, 1.807) is 6.20 Å². The van der Waals surface area contributed by atoms with E-state index in [0.29, 0.717) is 17.0 Å². The predicted molar refractivity (Wildman–Crippen MR) is 126 cm³/mol. The van der Waals surface area contributed by atoms with Gasteiger partial charge in [0, 0.05) is 0 Å². The monoisotopic (exact) mass is 510 g/mol. The number of aryl methyl sites for hydroxylation is 1. The molecule has 1 saturated carbocycles. The van der Waals surface area contributed by atoms with Crippen LogP contribution in [-0.4, -0.2) is 63.8 Å². The van der Waals surface area contributed by atoms with Gasteiger partial charge in [-0.25, -0.2) is 0 Å². The molecule has 0 spiro atoms. The SMILES string of the molecule is Cc1cnc(NC(=O)[C@@H]2CCCN2c2nc([AsH]c3cc(C4CC4)[nH]n3)n3cccc3n2)s1. The molecule has 9 nitrogen and oxygen atoms in total.